The number of hydrogen-bond acceptors (Lipinski definition) is 6. The molecule has 168 valence electrons. The van der Waals surface area contributed by atoms with E-state index in [-0.39, 0.29) is 0 Å². The van der Waals surface area contributed by atoms with Crippen molar-refractivity contribution in [3.63, 3.8) is 0 Å². The van der Waals surface area contributed by atoms with Crippen LogP contribution in [0.5, 0.6) is 0 Å². The van der Waals surface area contributed by atoms with E-state index in [1.165, 1.54) is 22.3 Å². The Balaban J connectivity index is 1.34. The van der Waals surface area contributed by atoms with Crippen molar-refractivity contribution in [1.29, 1.82) is 0 Å². The summed E-state index contributed by atoms with van der Waals surface area (Å²) < 4.78 is 0. The molecule has 6 heteroatoms. The molecule has 0 N–H and O–H groups in total. The SMILES string of the molecule is c1cc2ccc1CSCc1ccc(cc1)N=Nc1ccc(cc1)CSCc1ccc(cc1)N=N2. The molecule has 10 aliphatic rings. The first-order chi connectivity index (χ1) is 16.8. The first kappa shape index (κ1) is 22.6. The lowest BCUT2D eigenvalue weighted by Gasteiger charge is -2.05. The van der Waals surface area contributed by atoms with Crippen LogP contribution in [0.1, 0.15) is 22.3 Å². The molecule has 0 unspecified atom stereocenters. The Kier molecular flexibility index (Phi) is 7.48. The molecule has 0 spiro atoms. The Bertz CT molecular complexity index is 1060. The summed E-state index contributed by atoms with van der Waals surface area (Å²) in [5, 5.41) is 17.6. The molecule has 0 aliphatic carbocycles. The molecule has 4 aromatic carbocycles. The summed E-state index contributed by atoms with van der Waals surface area (Å²) in [5.74, 6) is 3.81. The number of hydrogen-bond donors (Lipinski definition) is 0. The van der Waals surface area contributed by atoms with Gasteiger partial charge in [0.15, 0.2) is 0 Å². The predicted molar refractivity (Wildman–Crippen MR) is 144 cm³/mol. The fourth-order valence-corrected chi connectivity index (χ4v) is 5.36. The van der Waals surface area contributed by atoms with E-state index in [1.54, 1.807) is 0 Å². The van der Waals surface area contributed by atoms with Crippen LogP contribution in [0.4, 0.5) is 22.7 Å². The Morgan fingerprint density at radius 3 is 0.735 bits per heavy atom. The van der Waals surface area contributed by atoms with E-state index in [0.717, 1.165) is 45.8 Å². The third-order valence-corrected chi connectivity index (χ3v) is 7.53. The molecule has 14 rings (SSSR count). The summed E-state index contributed by atoms with van der Waals surface area (Å²) >= 11 is 3.78. The number of nitrogens with zero attached hydrogens (tertiary/aromatic N) is 4. The van der Waals surface area contributed by atoms with Gasteiger partial charge in [0.25, 0.3) is 0 Å². The van der Waals surface area contributed by atoms with E-state index < -0.39 is 0 Å². The van der Waals surface area contributed by atoms with Crippen LogP contribution in [0.15, 0.2) is 118 Å². The predicted octanol–water partition coefficient (Wildman–Crippen LogP) is 9.70. The Labute approximate surface area is 208 Å². The Hall–Kier alpha value is -3.22. The van der Waals surface area contributed by atoms with Crippen LogP contribution in [0.2, 0.25) is 0 Å². The monoisotopic (exact) mass is 480 g/mol. The Morgan fingerprint density at radius 1 is 0.324 bits per heavy atom. The molecule has 0 atom stereocenters. The topological polar surface area (TPSA) is 49.4 Å². The van der Waals surface area contributed by atoms with E-state index in [0.29, 0.717) is 0 Å². The summed E-state index contributed by atoms with van der Waals surface area (Å²) in [5.41, 5.74) is 8.59. The molecule has 34 heavy (non-hydrogen) atoms. The molecule has 0 radical (unpaired) electrons. The summed E-state index contributed by atoms with van der Waals surface area (Å²) in [4.78, 5) is 0. The molecule has 0 amide bonds. The van der Waals surface area contributed by atoms with Crippen molar-refractivity contribution in [2.45, 2.75) is 23.0 Å². The van der Waals surface area contributed by atoms with Crippen molar-refractivity contribution < 1.29 is 0 Å². The van der Waals surface area contributed by atoms with Crippen molar-refractivity contribution in [3.05, 3.63) is 119 Å². The highest BCUT2D eigenvalue weighted by Crippen LogP contribution is 2.26. The van der Waals surface area contributed by atoms with Gasteiger partial charge >= 0.3 is 0 Å². The van der Waals surface area contributed by atoms with E-state index in [1.807, 2.05) is 72.1 Å². The minimum Gasteiger partial charge on any atom is -0.152 e. The van der Waals surface area contributed by atoms with Gasteiger partial charge in [-0.05, 0) is 70.8 Å². The van der Waals surface area contributed by atoms with Crippen LogP contribution < -0.4 is 0 Å². The molecular weight excluding hydrogens is 456 g/mol. The molecule has 0 saturated carbocycles. The molecule has 10 heterocycles. The largest absolute Gasteiger partial charge is 0.152 e. The van der Waals surface area contributed by atoms with Crippen molar-refractivity contribution in [3.8, 4) is 0 Å². The third-order valence-electron chi connectivity index (χ3n) is 5.38. The van der Waals surface area contributed by atoms with Crippen LogP contribution in [0.3, 0.4) is 0 Å². The lowest BCUT2D eigenvalue weighted by Crippen LogP contribution is -1.83. The molecular formula is C28H24N4S2. The second kappa shape index (κ2) is 11.3. The van der Waals surface area contributed by atoms with Gasteiger partial charge in [-0.25, -0.2) is 0 Å². The molecule has 0 aromatic heterocycles. The van der Waals surface area contributed by atoms with E-state index >= 15 is 0 Å². The lowest BCUT2D eigenvalue weighted by molar-refractivity contribution is 1.21. The van der Waals surface area contributed by atoms with Crippen molar-refractivity contribution in [1.82, 2.24) is 0 Å². The third kappa shape index (κ3) is 6.43. The number of thioether (sulfide) groups is 2. The molecule has 0 fully saturated rings. The molecule has 4 nitrogen and oxygen atoms in total. The number of benzene rings is 4. The molecule has 10 aliphatic heterocycles. The lowest BCUT2D eigenvalue weighted by atomic mass is 10.2. The minimum atomic E-state index is 0.866. The zero-order chi connectivity index (χ0) is 23.0. The second-order valence-electron chi connectivity index (χ2n) is 8.05. The molecule has 4 aromatic rings. The summed E-state index contributed by atoms with van der Waals surface area (Å²) in [6.07, 6.45) is 0. The van der Waals surface area contributed by atoms with Crippen molar-refractivity contribution in [2.24, 2.45) is 20.5 Å². The molecule has 0 saturated heterocycles. The first-order valence-electron chi connectivity index (χ1n) is 11.1. The van der Waals surface area contributed by atoms with Crippen molar-refractivity contribution >= 4 is 46.3 Å². The normalized spacial score (nSPS) is 14.1. The molecule has 8 bridgehead atoms. The average Bonchev–Trinajstić information content (AvgIpc) is 2.89. The highest BCUT2D eigenvalue weighted by Gasteiger charge is 2.01. The van der Waals surface area contributed by atoms with E-state index in [4.69, 9.17) is 0 Å². The fourth-order valence-electron chi connectivity index (χ4n) is 3.44. The van der Waals surface area contributed by atoms with E-state index in [2.05, 4.69) is 69.0 Å². The van der Waals surface area contributed by atoms with Gasteiger partial charge in [-0.3, -0.25) is 0 Å². The van der Waals surface area contributed by atoms with Gasteiger partial charge < -0.3 is 0 Å². The first-order valence-corrected chi connectivity index (χ1v) is 13.5. The van der Waals surface area contributed by atoms with Crippen LogP contribution in [-0.2, 0) is 23.0 Å². The zero-order valence-corrected chi connectivity index (χ0v) is 20.3. The van der Waals surface area contributed by atoms with Crippen LogP contribution in [0.25, 0.3) is 0 Å². The van der Waals surface area contributed by atoms with Crippen LogP contribution >= 0.6 is 23.5 Å². The van der Waals surface area contributed by atoms with E-state index in [9.17, 15) is 0 Å². The quantitative estimate of drug-likeness (QED) is 0.251. The number of azo groups is 2. The number of rotatable bonds is 0. The summed E-state index contributed by atoms with van der Waals surface area (Å²) in [7, 11) is 0. The van der Waals surface area contributed by atoms with Gasteiger partial charge in [-0.15, -0.1) is 0 Å². The maximum atomic E-state index is 4.39. The summed E-state index contributed by atoms with van der Waals surface area (Å²) in [6, 6.07) is 33.2. The smallest absolute Gasteiger partial charge is 0.0857 e. The Morgan fingerprint density at radius 2 is 0.529 bits per heavy atom. The highest BCUT2D eigenvalue weighted by atomic mass is 32.2. The van der Waals surface area contributed by atoms with Crippen LogP contribution in [0, 0.1) is 0 Å². The zero-order valence-electron chi connectivity index (χ0n) is 18.7. The summed E-state index contributed by atoms with van der Waals surface area (Å²) in [6.45, 7) is 0. The van der Waals surface area contributed by atoms with Gasteiger partial charge in [0.1, 0.15) is 0 Å². The highest BCUT2D eigenvalue weighted by molar-refractivity contribution is 7.97. The van der Waals surface area contributed by atoms with Gasteiger partial charge in [0, 0.05) is 23.0 Å². The van der Waals surface area contributed by atoms with Gasteiger partial charge in [0.05, 0.1) is 22.7 Å². The van der Waals surface area contributed by atoms with Gasteiger partial charge in [0.2, 0.25) is 0 Å². The average molecular weight is 481 g/mol. The maximum absolute atomic E-state index is 4.39. The van der Waals surface area contributed by atoms with Gasteiger partial charge in [-0.2, -0.15) is 44.0 Å². The van der Waals surface area contributed by atoms with Gasteiger partial charge in [-0.1, -0.05) is 48.5 Å². The fraction of sp³-hybridized carbons (Fsp3) is 0.143. The maximum Gasteiger partial charge on any atom is 0.0857 e. The van der Waals surface area contributed by atoms with Crippen molar-refractivity contribution in [2.75, 3.05) is 0 Å². The standard InChI is InChI=1S/C28H24N4S2/c1-9-25-10-2-21(1)17-33-18-22-3-13-27(14-4-22)31-32-28-15-7-24(8-16-28)20-34-19-23-5-11-26(12-6-23)30-29-25/h1-16H,17-20H2. The second-order valence-corrected chi connectivity index (χ2v) is 10.0. The van der Waals surface area contributed by atoms with Crippen LogP contribution in [-0.4, -0.2) is 0 Å². The minimum absolute atomic E-state index is 0.866.